The van der Waals surface area contributed by atoms with E-state index < -0.39 is 17.7 Å². The molecule has 1 saturated carbocycles. The standard InChI is InChI=1S/C11H10F3NO2/c12-11(13,14)17-8-3-1-2-7(6-8)9(16)10(15)4-5-10/h1-3,6H,4-5,15H2. The van der Waals surface area contributed by atoms with Crippen LogP contribution in [-0.2, 0) is 0 Å². The van der Waals surface area contributed by atoms with Gasteiger partial charge in [0, 0.05) is 5.56 Å². The third-order valence-electron chi connectivity index (χ3n) is 2.57. The highest BCUT2D eigenvalue weighted by atomic mass is 19.4. The summed E-state index contributed by atoms with van der Waals surface area (Å²) in [5, 5.41) is 0. The van der Waals surface area contributed by atoms with Crippen LogP contribution in [0.2, 0.25) is 0 Å². The van der Waals surface area contributed by atoms with Crippen LogP contribution < -0.4 is 10.5 Å². The molecule has 1 aliphatic rings. The Morgan fingerprint density at radius 1 is 1.35 bits per heavy atom. The molecule has 3 nitrogen and oxygen atoms in total. The molecule has 0 aliphatic heterocycles. The number of Topliss-reactive ketones (excluding diaryl/α,β-unsaturated/α-hetero) is 1. The highest BCUT2D eigenvalue weighted by Crippen LogP contribution is 2.36. The van der Waals surface area contributed by atoms with E-state index in [-0.39, 0.29) is 11.3 Å². The number of ether oxygens (including phenoxy) is 1. The number of hydrogen-bond acceptors (Lipinski definition) is 3. The van der Waals surface area contributed by atoms with Crippen LogP contribution in [0.15, 0.2) is 24.3 Å². The molecule has 17 heavy (non-hydrogen) atoms. The van der Waals surface area contributed by atoms with Crippen molar-refractivity contribution >= 4 is 5.78 Å². The lowest BCUT2D eigenvalue weighted by atomic mass is 10.0. The minimum Gasteiger partial charge on any atom is -0.406 e. The first-order chi connectivity index (χ1) is 7.80. The van der Waals surface area contributed by atoms with Gasteiger partial charge in [-0.3, -0.25) is 4.79 Å². The van der Waals surface area contributed by atoms with Gasteiger partial charge in [-0.2, -0.15) is 0 Å². The van der Waals surface area contributed by atoms with E-state index in [1.165, 1.54) is 12.1 Å². The Morgan fingerprint density at radius 2 is 2.00 bits per heavy atom. The fourth-order valence-electron chi connectivity index (χ4n) is 1.48. The summed E-state index contributed by atoms with van der Waals surface area (Å²) in [6, 6.07) is 4.96. The summed E-state index contributed by atoms with van der Waals surface area (Å²) in [5.41, 5.74) is 4.94. The SMILES string of the molecule is NC1(C(=O)c2cccc(OC(F)(F)F)c2)CC1. The molecule has 0 aromatic heterocycles. The van der Waals surface area contributed by atoms with Crippen LogP contribution in [0.25, 0.3) is 0 Å². The maximum Gasteiger partial charge on any atom is 0.573 e. The summed E-state index contributed by atoms with van der Waals surface area (Å²) in [6.07, 6.45) is -3.63. The summed E-state index contributed by atoms with van der Waals surface area (Å²) in [7, 11) is 0. The lowest BCUT2D eigenvalue weighted by Crippen LogP contribution is -2.32. The zero-order valence-corrected chi connectivity index (χ0v) is 8.75. The Hall–Kier alpha value is -1.56. The molecule has 1 aromatic carbocycles. The minimum atomic E-state index is -4.76. The number of carbonyl (C=O) groups excluding carboxylic acids is 1. The molecule has 1 aliphatic carbocycles. The van der Waals surface area contributed by atoms with Crippen molar-refractivity contribution in [1.29, 1.82) is 0 Å². The Kier molecular flexibility index (Phi) is 2.61. The second-order valence-corrected chi connectivity index (χ2v) is 4.06. The van der Waals surface area contributed by atoms with E-state index in [0.717, 1.165) is 12.1 Å². The molecule has 0 heterocycles. The van der Waals surface area contributed by atoms with Crippen LogP contribution in [0, 0.1) is 0 Å². The monoisotopic (exact) mass is 245 g/mol. The first-order valence-corrected chi connectivity index (χ1v) is 5.00. The Bertz CT molecular complexity index is 452. The molecule has 0 unspecified atom stereocenters. The first-order valence-electron chi connectivity index (χ1n) is 5.00. The van der Waals surface area contributed by atoms with Crippen molar-refractivity contribution in [2.75, 3.05) is 0 Å². The average Bonchev–Trinajstić information content (AvgIpc) is 2.94. The van der Waals surface area contributed by atoms with Gasteiger partial charge < -0.3 is 10.5 Å². The van der Waals surface area contributed by atoms with E-state index in [9.17, 15) is 18.0 Å². The molecule has 1 fully saturated rings. The summed E-state index contributed by atoms with van der Waals surface area (Å²) < 4.78 is 39.7. The maximum absolute atomic E-state index is 12.0. The van der Waals surface area contributed by atoms with Crippen LogP contribution in [0.5, 0.6) is 5.75 Å². The summed E-state index contributed by atoms with van der Waals surface area (Å²) >= 11 is 0. The third kappa shape index (κ3) is 2.76. The second kappa shape index (κ2) is 3.73. The Morgan fingerprint density at radius 3 is 2.53 bits per heavy atom. The van der Waals surface area contributed by atoms with Gasteiger partial charge in [0.25, 0.3) is 0 Å². The molecule has 1 aromatic rings. The van der Waals surface area contributed by atoms with Gasteiger partial charge in [0.2, 0.25) is 0 Å². The number of alkyl halides is 3. The van der Waals surface area contributed by atoms with Crippen LogP contribution in [0.1, 0.15) is 23.2 Å². The average molecular weight is 245 g/mol. The van der Waals surface area contributed by atoms with Gasteiger partial charge in [0.1, 0.15) is 5.75 Å². The number of benzene rings is 1. The lowest BCUT2D eigenvalue weighted by Gasteiger charge is -2.11. The highest BCUT2D eigenvalue weighted by Gasteiger charge is 2.46. The molecule has 0 radical (unpaired) electrons. The Balaban J connectivity index is 2.20. The van der Waals surface area contributed by atoms with Crippen LogP contribution in [-0.4, -0.2) is 17.7 Å². The molecule has 2 N–H and O–H groups in total. The fourth-order valence-corrected chi connectivity index (χ4v) is 1.48. The van der Waals surface area contributed by atoms with Crippen LogP contribution in [0.4, 0.5) is 13.2 Å². The predicted octanol–water partition coefficient (Wildman–Crippen LogP) is 2.26. The number of carbonyl (C=O) groups is 1. The predicted molar refractivity (Wildman–Crippen MR) is 53.6 cm³/mol. The molecule has 0 atom stereocenters. The van der Waals surface area contributed by atoms with Crippen LogP contribution in [0.3, 0.4) is 0 Å². The summed E-state index contributed by atoms with van der Waals surface area (Å²) in [6.45, 7) is 0. The number of nitrogens with two attached hydrogens (primary N) is 1. The zero-order valence-electron chi connectivity index (χ0n) is 8.75. The van der Waals surface area contributed by atoms with E-state index >= 15 is 0 Å². The van der Waals surface area contributed by atoms with Gasteiger partial charge in [-0.15, -0.1) is 13.2 Å². The first kappa shape index (κ1) is 11.9. The van der Waals surface area contributed by atoms with Gasteiger partial charge in [-0.05, 0) is 25.0 Å². The second-order valence-electron chi connectivity index (χ2n) is 4.06. The molecule has 0 amide bonds. The molecule has 92 valence electrons. The number of rotatable bonds is 3. The highest BCUT2D eigenvalue weighted by molar-refractivity contribution is 6.05. The van der Waals surface area contributed by atoms with Crippen molar-refractivity contribution in [3.63, 3.8) is 0 Å². The van der Waals surface area contributed by atoms with Crippen LogP contribution >= 0.6 is 0 Å². The van der Waals surface area contributed by atoms with Gasteiger partial charge in [0.05, 0.1) is 5.54 Å². The van der Waals surface area contributed by atoms with E-state index in [4.69, 9.17) is 5.73 Å². The smallest absolute Gasteiger partial charge is 0.406 e. The zero-order chi connectivity index (χ0) is 12.7. The van der Waals surface area contributed by atoms with Crippen molar-refractivity contribution in [2.24, 2.45) is 5.73 Å². The molecule has 0 saturated heterocycles. The molecular weight excluding hydrogens is 235 g/mol. The van der Waals surface area contributed by atoms with Gasteiger partial charge in [0.15, 0.2) is 5.78 Å². The van der Waals surface area contributed by atoms with Crippen molar-refractivity contribution in [1.82, 2.24) is 0 Å². The normalized spacial score (nSPS) is 17.6. The number of halogens is 3. The quantitative estimate of drug-likeness (QED) is 0.831. The fraction of sp³-hybridized carbons (Fsp3) is 0.364. The summed E-state index contributed by atoms with van der Waals surface area (Å²) in [5.74, 6) is -0.752. The number of ketones is 1. The van der Waals surface area contributed by atoms with Gasteiger partial charge in [-0.25, -0.2) is 0 Å². The van der Waals surface area contributed by atoms with E-state index in [2.05, 4.69) is 4.74 Å². The van der Waals surface area contributed by atoms with Gasteiger partial charge >= 0.3 is 6.36 Å². The topological polar surface area (TPSA) is 52.3 Å². The summed E-state index contributed by atoms with van der Waals surface area (Å²) in [4.78, 5) is 11.8. The van der Waals surface area contributed by atoms with Crippen molar-refractivity contribution in [3.05, 3.63) is 29.8 Å². The minimum absolute atomic E-state index is 0.145. The molecule has 6 heteroatoms. The van der Waals surface area contributed by atoms with Gasteiger partial charge in [-0.1, -0.05) is 12.1 Å². The van der Waals surface area contributed by atoms with Crippen molar-refractivity contribution in [3.8, 4) is 5.75 Å². The third-order valence-corrected chi connectivity index (χ3v) is 2.57. The van der Waals surface area contributed by atoms with E-state index in [1.807, 2.05) is 0 Å². The number of hydrogen-bond donors (Lipinski definition) is 1. The molecular formula is C11H10F3NO2. The van der Waals surface area contributed by atoms with E-state index in [0.29, 0.717) is 12.8 Å². The maximum atomic E-state index is 12.0. The largest absolute Gasteiger partial charge is 0.573 e. The van der Waals surface area contributed by atoms with E-state index in [1.54, 1.807) is 0 Å². The molecule has 0 spiro atoms. The molecule has 0 bridgehead atoms. The lowest BCUT2D eigenvalue weighted by molar-refractivity contribution is -0.274. The Labute approximate surface area is 95.4 Å². The molecule has 2 rings (SSSR count). The van der Waals surface area contributed by atoms with Crippen molar-refractivity contribution < 1.29 is 22.7 Å². The van der Waals surface area contributed by atoms with Crippen molar-refractivity contribution in [2.45, 2.75) is 24.7 Å².